The first-order valence-electron chi connectivity index (χ1n) is 29.0. The molecule has 16 heteroatoms. The highest BCUT2D eigenvalue weighted by molar-refractivity contribution is 5.94. The number of anilines is 4. The Labute approximate surface area is 452 Å². The van der Waals surface area contributed by atoms with E-state index in [1.807, 2.05) is 12.1 Å². The number of likely N-dealkylation sites (tertiary alicyclic amines) is 4. The normalized spacial score (nSPS) is 21.6. The zero-order valence-electron chi connectivity index (χ0n) is 46.6. The SMILES string of the molecule is COc1cc2c(NC3CCN(C(C)C)CC3)nc(N3CCCCC3)nc2cc1C#CCCN1CC[C@@H](F)C1.COc1cc2c(NC3CCN(C(C)C)CC3)nc(N3CCCCC3)nc2cc1C#CCCN1CC[C@@H](F)C1. The Morgan fingerprint density at radius 1 is 0.526 bits per heavy atom. The second-order valence-corrected chi connectivity index (χ2v) is 22.6. The maximum Gasteiger partial charge on any atom is 0.227 e. The van der Waals surface area contributed by atoms with Crippen molar-refractivity contribution >= 4 is 45.3 Å². The molecule has 2 aromatic heterocycles. The smallest absolute Gasteiger partial charge is 0.227 e. The van der Waals surface area contributed by atoms with Gasteiger partial charge in [-0.25, -0.2) is 18.7 Å². The van der Waals surface area contributed by atoms with Crippen molar-refractivity contribution in [3.8, 4) is 35.2 Å². The van der Waals surface area contributed by atoms with Gasteiger partial charge in [0.2, 0.25) is 11.9 Å². The molecule has 8 heterocycles. The average Bonchev–Trinajstić information content (AvgIpc) is 4.07. The van der Waals surface area contributed by atoms with Gasteiger partial charge in [0.15, 0.2) is 0 Å². The van der Waals surface area contributed by atoms with Gasteiger partial charge in [-0.2, -0.15) is 9.97 Å². The Morgan fingerprint density at radius 3 is 1.26 bits per heavy atom. The number of rotatable bonds is 14. The molecule has 0 amide bonds. The Kier molecular flexibility index (Phi) is 19.6. The molecule has 0 unspecified atom stereocenters. The number of nitrogens with zero attached hydrogens (tertiary/aromatic N) is 10. The van der Waals surface area contributed by atoms with E-state index in [0.29, 0.717) is 62.9 Å². The number of ether oxygens (including phenoxy) is 2. The highest BCUT2D eigenvalue weighted by Crippen LogP contribution is 2.35. The fraction of sp³-hybridized carbons (Fsp3) is 0.667. The minimum Gasteiger partial charge on any atom is -0.495 e. The lowest BCUT2D eigenvalue weighted by molar-refractivity contribution is 0.177. The van der Waals surface area contributed by atoms with Crippen LogP contribution in [-0.4, -0.2) is 182 Å². The van der Waals surface area contributed by atoms with Crippen molar-refractivity contribution in [1.29, 1.82) is 0 Å². The Hall–Kier alpha value is -5.26. The fourth-order valence-electron chi connectivity index (χ4n) is 11.7. The van der Waals surface area contributed by atoms with Crippen LogP contribution in [0.25, 0.3) is 21.8 Å². The van der Waals surface area contributed by atoms with Crippen LogP contribution in [0.5, 0.6) is 11.5 Å². The summed E-state index contributed by atoms with van der Waals surface area (Å²) in [4.78, 5) is 34.2. The average molecular weight is 1050 g/mol. The summed E-state index contributed by atoms with van der Waals surface area (Å²) in [6.07, 6.45) is 13.0. The van der Waals surface area contributed by atoms with Crippen molar-refractivity contribution in [2.75, 3.05) is 126 Å². The molecule has 76 heavy (non-hydrogen) atoms. The number of hydrogen-bond acceptors (Lipinski definition) is 14. The van der Waals surface area contributed by atoms with Crippen LogP contribution >= 0.6 is 0 Å². The summed E-state index contributed by atoms with van der Waals surface area (Å²) in [5.74, 6) is 18.1. The second-order valence-electron chi connectivity index (χ2n) is 22.6. The topological polar surface area (TPSA) is 114 Å². The molecule has 412 valence electrons. The van der Waals surface area contributed by atoms with Crippen LogP contribution in [0, 0.1) is 23.7 Å². The summed E-state index contributed by atoms with van der Waals surface area (Å²) >= 11 is 0. The van der Waals surface area contributed by atoms with Crippen molar-refractivity contribution in [3.05, 3.63) is 35.4 Å². The summed E-state index contributed by atoms with van der Waals surface area (Å²) in [5.41, 5.74) is 3.47. The second kappa shape index (κ2) is 26.9. The van der Waals surface area contributed by atoms with E-state index < -0.39 is 12.3 Å². The number of fused-ring (bicyclic) bond motifs is 2. The Balaban J connectivity index is 0.000000186. The van der Waals surface area contributed by atoms with Gasteiger partial charge in [-0.1, -0.05) is 23.7 Å². The molecule has 2 atom stereocenters. The van der Waals surface area contributed by atoms with Crippen molar-refractivity contribution in [1.82, 2.24) is 39.5 Å². The number of benzene rings is 2. The number of alkyl halides is 2. The third-order valence-corrected chi connectivity index (χ3v) is 16.5. The lowest BCUT2D eigenvalue weighted by atomic mass is 10.0. The maximum absolute atomic E-state index is 13.5. The number of halogens is 2. The molecule has 2 aromatic carbocycles. The van der Waals surface area contributed by atoms with Gasteiger partial charge in [0.1, 0.15) is 35.5 Å². The van der Waals surface area contributed by atoms with Crippen LogP contribution < -0.4 is 29.9 Å². The van der Waals surface area contributed by atoms with Crippen molar-refractivity contribution in [3.63, 3.8) is 0 Å². The number of piperidine rings is 4. The zero-order valence-corrected chi connectivity index (χ0v) is 46.6. The predicted octanol–water partition coefficient (Wildman–Crippen LogP) is 9.40. The van der Waals surface area contributed by atoms with E-state index in [-0.39, 0.29) is 0 Å². The molecule has 0 radical (unpaired) electrons. The monoisotopic (exact) mass is 1040 g/mol. The quantitative estimate of drug-likeness (QED) is 0.117. The van der Waals surface area contributed by atoms with E-state index in [1.165, 1.54) is 38.5 Å². The molecule has 0 saturated carbocycles. The van der Waals surface area contributed by atoms with E-state index in [1.54, 1.807) is 14.2 Å². The third kappa shape index (κ3) is 14.6. The molecule has 6 fully saturated rings. The molecule has 6 saturated heterocycles. The molecule has 0 bridgehead atoms. The van der Waals surface area contributed by atoms with Crippen molar-refractivity contribution in [2.24, 2.45) is 0 Å². The molecule has 14 nitrogen and oxygen atoms in total. The third-order valence-electron chi connectivity index (χ3n) is 16.5. The zero-order chi connectivity index (χ0) is 53.0. The molecule has 10 rings (SSSR count). The van der Waals surface area contributed by atoms with Crippen LogP contribution in [-0.2, 0) is 0 Å². The number of hydrogen-bond donors (Lipinski definition) is 2. The van der Waals surface area contributed by atoms with Crippen LogP contribution in [0.4, 0.5) is 32.3 Å². The van der Waals surface area contributed by atoms with E-state index in [2.05, 4.69) is 104 Å². The van der Waals surface area contributed by atoms with E-state index in [0.717, 1.165) is 172 Å². The molecular formula is C60H86F2N12O2. The van der Waals surface area contributed by atoms with Gasteiger partial charge in [-0.3, -0.25) is 9.80 Å². The molecule has 0 spiro atoms. The first-order chi connectivity index (χ1) is 37.0. The van der Waals surface area contributed by atoms with Gasteiger partial charge in [-0.05, 0) is 129 Å². The van der Waals surface area contributed by atoms with Crippen LogP contribution in [0.3, 0.4) is 0 Å². The summed E-state index contributed by atoms with van der Waals surface area (Å²) in [6.45, 7) is 21.8. The molecule has 4 aromatic rings. The summed E-state index contributed by atoms with van der Waals surface area (Å²) < 4.78 is 38.5. The first-order valence-corrected chi connectivity index (χ1v) is 29.0. The van der Waals surface area contributed by atoms with E-state index in [9.17, 15) is 8.78 Å². The Morgan fingerprint density at radius 2 is 0.921 bits per heavy atom. The predicted molar refractivity (Wildman–Crippen MR) is 306 cm³/mol. The van der Waals surface area contributed by atoms with Gasteiger partial charge in [0, 0.05) is 139 Å². The summed E-state index contributed by atoms with van der Waals surface area (Å²) in [6, 6.07) is 10.1. The lowest BCUT2D eigenvalue weighted by Gasteiger charge is -2.35. The molecular weight excluding hydrogens is 959 g/mol. The highest BCUT2D eigenvalue weighted by atomic mass is 19.1. The molecule has 2 N–H and O–H groups in total. The van der Waals surface area contributed by atoms with E-state index in [4.69, 9.17) is 29.4 Å². The van der Waals surface area contributed by atoms with Gasteiger partial charge in [0.05, 0.1) is 36.4 Å². The van der Waals surface area contributed by atoms with Crippen molar-refractivity contribution in [2.45, 2.75) is 154 Å². The first kappa shape index (κ1) is 55.5. The minimum absolute atomic E-state index is 0.386. The van der Waals surface area contributed by atoms with Gasteiger partial charge in [-0.15, -0.1) is 0 Å². The molecule has 0 aliphatic carbocycles. The van der Waals surface area contributed by atoms with Crippen molar-refractivity contribution < 1.29 is 18.3 Å². The number of aromatic nitrogens is 4. The number of methoxy groups -OCH3 is 2. The summed E-state index contributed by atoms with van der Waals surface area (Å²) in [5, 5.41) is 9.53. The van der Waals surface area contributed by atoms with Crippen LogP contribution in [0.1, 0.15) is 129 Å². The van der Waals surface area contributed by atoms with Gasteiger partial charge < -0.3 is 39.7 Å². The Bertz CT molecular complexity index is 2470. The largest absolute Gasteiger partial charge is 0.495 e. The molecule has 6 aliphatic rings. The highest BCUT2D eigenvalue weighted by Gasteiger charge is 2.27. The lowest BCUT2D eigenvalue weighted by Crippen LogP contribution is -2.42. The molecule has 6 aliphatic heterocycles. The number of nitrogens with one attached hydrogen (secondary N) is 2. The van der Waals surface area contributed by atoms with E-state index >= 15 is 0 Å². The standard InChI is InChI=1S/2C30H43FN6O/c2*1-22(2)36-17-11-25(12-18-36)32-29-26-20-28(38-3)23(9-5-8-13-35-16-10-24(31)21-35)19-27(26)33-30(34-29)37-14-6-4-7-15-37/h2*19-20,22,24-25H,4,6-8,10-18,21H2,1-3H3,(H,32,33,34)/t2*24-/m11/s1. The van der Waals surface area contributed by atoms with Crippen LogP contribution in [0.2, 0.25) is 0 Å². The maximum atomic E-state index is 13.5. The summed E-state index contributed by atoms with van der Waals surface area (Å²) in [7, 11) is 3.38. The van der Waals surface area contributed by atoms with Gasteiger partial charge >= 0.3 is 0 Å². The van der Waals surface area contributed by atoms with Crippen LogP contribution in [0.15, 0.2) is 24.3 Å². The fourth-order valence-corrected chi connectivity index (χ4v) is 11.7. The van der Waals surface area contributed by atoms with Gasteiger partial charge in [0.25, 0.3) is 0 Å². The minimum atomic E-state index is -0.692.